The Bertz CT molecular complexity index is 1210. The maximum atomic E-state index is 14.1. The molecule has 0 aliphatic heterocycles. The minimum Gasteiger partial charge on any atom is -0.489 e. The van der Waals surface area contributed by atoms with Gasteiger partial charge in [-0.1, -0.05) is 12.1 Å². The van der Waals surface area contributed by atoms with Gasteiger partial charge in [-0.3, -0.25) is 4.79 Å². The first kappa shape index (κ1) is 23.7. The number of anilines is 1. The van der Waals surface area contributed by atoms with E-state index in [1.54, 1.807) is 39.3 Å². The molecule has 1 saturated carbocycles. The number of aryl methyl sites for hydroxylation is 2. The number of nitrogens with zero attached hydrogens (tertiary/aromatic N) is 3. The monoisotopic (exact) mass is 468 g/mol. The summed E-state index contributed by atoms with van der Waals surface area (Å²) in [5, 5.41) is 2.75. The highest BCUT2D eigenvalue weighted by Gasteiger charge is 2.60. The summed E-state index contributed by atoms with van der Waals surface area (Å²) >= 11 is 0. The summed E-state index contributed by atoms with van der Waals surface area (Å²) in [4.78, 5) is 25.7. The van der Waals surface area contributed by atoms with Crippen LogP contribution in [0, 0.1) is 31.4 Å². The summed E-state index contributed by atoms with van der Waals surface area (Å²) in [5.41, 5.74) is 1.02. The lowest BCUT2D eigenvalue weighted by molar-refractivity contribution is -0.117. The fourth-order valence-corrected chi connectivity index (χ4v) is 4.04. The Morgan fingerprint density at radius 2 is 2.03 bits per heavy atom. The number of nitrogens with one attached hydrogen (secondary N) is 1. The van der Waals surface area contributed by atoms with E-state index < -0.39 is 23.0 Å². The Kier molecular flexibility index (Phi) is 6.83. The van der Waals surface area contributed by atoms with E-state index in [1.807, 2.05) is 0 Å². The largest absolute Gasteiger partial charge is 0.489 e. The number of rotatable bonds is 9. The molecule has 1 N–H and O–H groups in total. The predicted octanol–water partition coefficient (Wildman–Crippen LogP) is 3.93. The Morgan fingerprint density at radius 3 is 2.76 bits per heavy atom. The molecular formula is C25H26F2N4O3. The van der Waals surface area contributed by atoms with Crippen LogP contribution in [-0.2, 0) is 21.4 Å². The molecule has 0 radical (unpaired) electrons. The lowest BCUT2D eigenvalue weighted by atomic mass is 9.93. The summed E-state index contributed by atoms with van der Waals surface area (Å²) in [6.07, 6.45) is 3.68. The van der Waals surface area contributed by atoms with Gasteiger partial charge in [0.2, 0.25) is 5.91 Å². The van der Waals surface area contributed by atoms with E-state index in [2.05, 4.69) is 20.3 Å². The number of benzene rings is 1. The zero-order valence-corrected chi connectivity index (χ0v) is 19.3. The molecule has 4 rings (SSSR count). The van der Waals surface area contributed by atoms with Crippen molar-refractivity contribution in [1.29, 1.82) is 0 Å². The van der Waals surface area contributed by atoms with Crippen LogP contribution in [0.2, 0.25) is 0 Å². The molecule has 1 aliphatic carbocycles. The van der Waals surface area contributed by atoms with Crippen LogP contribution in [0.3, 0.4) is 0 Å². The van der Waals surface area contributed by atoms with Gasteiger partial charge in [-0.25, -0.2) is 23.7 Å². The molecule has 1 amide bonds. The van der Waals surface area contributed by atoms with Crippen molar-refractivity contribution in [2.45, 2.75) is 32.1 Å². The van der Waals surface area contributed by atoms with Crippen molar-refractivity contribution in [1.82, 2.24) is 15.0 Å². The van der Waals surface area contributed by atoms with E-state index in [0.29, 0.717) is 47.8 Å². The van der Waals surface area contributed by atoms with E-state index in [4.69, 9.17) is 9.47 Å². The zero-order chi connectivity index (χ0) is 24.3. The van der Waals surface area contributed by atoms with Gasteiger partial charge in [-0.05, 0) is 49.6 Å². The molecule has 0 bridgehead atoms. The molecular weight excluding hydrogens is 442 g/mol. The Balaban J connectivity index is 1.57. The summed E-state index contributed by atoms with van der Waals surface area (Å²) < 4.78 is 38.9. The van der Waals surface area contributed by atoms with Crippen molar-refractivity contribution in [2.75, 3.05) is 25.6 Å². The van der Waals surface area contributed by atoms with Gasteiger partial charge >= 0.3 is 0 Å². The van der Waals surface area contributed by atoms with Gasteiger partial charge in [0, 0.05) is 18.9 Å². The van der Waals surface area contributed by atoms with Gasteiger partial charge in [-0.2, -0.15) is 0 Å². The molecule has 2 unspecified atom stereocenters. The molecule has 2 atom stereocenters. The van der Waals surface area contributed by atoms with Crippen molar-refractivity contribution >= 4 is 11.7 Å². The van der Waals surface area contributed by atoms with Crippen LogP contribution in [0.25, 0.3) is 0 Å². The first-order valence-electron chi connectivity index (χ1n) is 11.0. The highest BCUT2D eigenvalue weighted by molar-refractivity contribution is 5.95. The second-order valence-electron chi connectivity index (χ2n) is 8.49. The quantitative estimate of drug-likeness (QED) is 0.512. The van der Waals surface area contributed by atoms with Crippen molar-refractivity contribution in [2.24, 2.45) is 5.92 Å². The van der Waals surface area contributed by atoms with E-state index in [-0.39, 0.29) is 18.3 Å². The molecule has 2 aromatic heterocycles. The van der Waals surface area contributed by atoms with Gasteiger partial charge < -0.3 is 14.8 Å². The molecule has 1 aliphatic rings. The summed E-state index contributed by atoms with van der Waals surface area (Å²) in [7, 11) is 1.61. The number of ether oxygens (including phenoxy) is 2. The average Bonchev–Trinajstić information content (AvgIpc) is 3.55. The molecule has 7 nitrogen and oxygen atoms in total. The van der Waals surface area contributed by atoms with E-state index in [0.717, 1.165) is 6.20 Å². The summed E-state index contributed by atoms with van der Waals surface area (Å²) in [6, 6.07) is 7.66. The Labute approximate surface area is 196 Å². The van der Waals surface area contributed by atoms with Crippen molar-refractivity contribution < 1.29 is 23.0 Å². The topological polar surface area (TPSA) is 86.2 Å². The molecule has 178 valence electrons. The van der Waals surface area contributed by atoms with Crippen molar-refractivity contribution in [3.05, 3.63) is 77.0 Å². The molecule has 34 heavy (non-hydrogen) atoms. The highest BCUT2D eigenvalue weighted by Crippen LogP contribution is 2.55. The van der Waals surface area contributed by atoms with Crippen LogP contribution < -0.4 is 10.1 Å². The Hall–Kier alpha value is -3.46. The average molecular weight is 469 g/mol. The lowest BCUT2D eigenvalue weighted by Crippen LogP contribution is -2.27. The summed E-state index contributed by atoms with van der Waals surface area (Å²) in [6.45, 7) is 3.99. The molecule has 9 heteroatoms. The van der Waals surface area contributed by atoms with E-state index in [1.165, 1.54) is 18.2 Å². The van der Waals surface area contributed by atoms with Crippen LogP contribution >= 0.6 is 0 Å². The second-order valence-corrected chi connectivity index (χ2v) is 8.49. The van der Waals surface area contributed by atoms with Crippen LogP contribution in [0.15, 0.2) is 42.7 Å². The number of hydrogen-bond donors (Lipinski definition) is 1. The third-order valence-corrected chi connectivity index (χ3v) is 6.07. The number of pyridine rings is 1. The van der Waals surface area contributed by atoms with E-state index in [9.17, 15) is 13.6 Å². The van der Waals surface area contributed by atoms with Crippen LogP contribution in [0.4, 0.5) is 14.6 Å². The standard InChI is InChI=1S/C25H26F2N4O3/c1-15-9-23(29-12-20(15)27)31-24(32)19-11-25(19,17-5-4-6-18(26)10-17)14-34-22-13-28-16(2)30-21(22)7-8-33-3/h4-6,9-10,12-13,19H,7-8,11,14H2,1-3H3,(H,29,31,32). The maximum absolute atomic E-state index is 14.1. The van der Waals surface area contributed by atoms with Crippen LogP contribution in [0.5, 0.6) is 5.75 Å². The number of amides is 1. The van der Waals surface area contributed by atoms with Gasteiger partial charge in [0.05, 0.1) is 37.2 Å². The zero-order valence-electron chi connectivity index (χ0n) is 19.3. The normalized spacial score (nSPS) is 19.0. The van der Waals surface area contributed by atoms with E-state index >= 15 is 0 Å². The third-order valence-electron chi connectivity index (χ3n) is 6.07. The first-order chi connectivity index (χ1) is 16.3. The Morgan fingerprint density at radius 1 is 1.21 bits per heavy atom. The second kappa shape index (κ2) is 9.80. The molecule has 3 aromatic rings. The van der Waals surface area contributed by atoms with Crippen molar-refractivity contribution in [3.63, 3.8) is 0 Å². The number of aromatic nitrogens is 3. The molecule has 1 aromatic carbocycles. The number of hydrogen-bond acceptors (Lipinski definition) is 6. The van der Waals surface area contributed by atoms with Gasteiger partial charge in [0.1, 0.15) is 23.3 Å². The molecule has 0 saturated heterocycles. The number of halogens is 2. The van der Waals surface area contributed by atoms with Gasteiger partial charge in [-0.15, -0.1) is 0 Å². The molecule has 0 spiro atoms. The SMILES string of the molecule is COCCc1nc(C)ncc1OCC1(c2cccc(F)c2)CC1C(=O)Nc1cc(C)c(F)cn1. The lowest BCUT2D eigenvalue weighted by Gasteiger charge is -2.20. The highest BCUT2D eigenvalue weighted by atomic mass is 19.1. The predicted molar refractivity (Wildman–Crippen MR) is 122 cm³/mol. The third kappa shape index (κ3) is 5.04. The van der Waals surface area contributed by atoms with Crippen molar-refractivity contribution in [3.8, 4) is 5.75 Å². The molecule has 1 fully saturated rings. The van der Waals surface area contributed by atoms with Gasteiger partial charge in [0.15, 0.2) is 5.75 Å². The number of carbonyl (C=O) groups is 1. The smallest absolute Gasteiger partial charge is 0.229 e. The van der Waals surface area contributed by atoms with Crippen LogP contribution in [-0.4, -0.2) is 41.2 Å². The van der Waals surface area contributed by atoms with Gasteiger partial charge in [0.25, 0.3) is 0 Å². The van der Waals surface area contributed by atoms with Crippen LogP contribution in [0.1, 0.15) is 29.1 Å². The first-order valence-corrected chi connectivity index (χ1v) is 11.0. The fraction of sp³-hybridized carbons (Fsp3) is 0.360. The fourth-order valence-electron chi connectivity index (χ4n) is 4.04. The molecule has 2 heterocycles. The number of carbonyl (C=O) groups excluding carboxylic acids is 1. The minimum absolute atomic E-state index is 0.136. The summed E-state index contributed by atoms with van der Waals surface area (Å²) in [5.74, 6) is -0.223. The maximum Gasteiger partial charge on any atom is 0.229 e. The number of methoxy groups -OCH3 is 1. The minimum atomic E-state index is -0.731.